The van der Waals surface area contributed by atoms with E-state index < -0.39 is 0 Å². The molecule has 0 aliphatic heterocycles. The van der Waals surface area contributed by atoms with Crippen LogP contribution >= 0.6 is 11.6 Å². The second-order valence-electron chi connectivity index (χ2n) is 4.89. The summed E-state index contributed by atoms with van der Waals surface area (Å²) in [5.74, 6) is 0.0783. The molecule has 1 aromatic carbocycles. The van der Waals surface area contributed by atoms with Gasteiger partial charge in [-0.05, 0) is 24.1 Å². The highest BCUT2D eigenvalue weighted by Crippen LogP contribution is 2.13. The molecule has 16 heavy (non-hydrogen) atoms. The zero-order valence-corrected chi connectivity index (χ0v) is 10.8. The summed E-state index contributed by atoms with van der Waals surface area (Å²) < 4.78 is 0. The molecule has 1 aromatic rings. The normalized spacial score (nSPS) is 11.2. The van der Waals surface area contributed by atoms with Gasteiger partial charge in [-0.3, -0.25) is 4.79 Å². The third-order valence-electron chi connectivity index (χ3n) is 2.27. The summed E-state index contributed by atoms with van der Waals surface area (Å²) in [6.45, 7) is 6.36. The molecule has 1 N–H and O–H groups in total. The Kier molecular flexibility index (Phi) is 4.36. The predicted octanol–water partition coefficient (Wildman–Crippen LogP) is 3.04. The fourth-order valence-corrected chi connectivity index (χ4v) is 1.49. The SMILES string of the molecule is CC(C)(C)C(=O)NCCc1cccc(Cl)c1. The Morgan fingerprint density at radius 2 is 2.06 bits per heavy atom. The molecule has 0 bridgehead atoms. The average Bonchev–Trinajstić information content (AvgIpc) is 2.16. The molecule has 0 radical (unpaired) electrons. The van der Waals surface area contributed by atoms with Crippen molar-refractivity contribution < 1.29 is 4.79 Å². The second kappa shape index (κ2) is 5.35. The maximum atomic E-state index is 11.6. The molecule has 1 amide bonds. The number of carbonyl (C=O) groups excluding carboxylic acids is 1. The Morgan fingerprint density at radius 1 is 1.38 bits per heavy atom. The Labute approximate surface area is 102 Å². The highest BCUT2D eigenvalue weighted by atomic mass is 35.5. The van der Waals surface area contributed by atoms with Gasteiger partial charge in [0.1, 0.15) is 0 Å². The van der Waals surface area contributed by atoms with E-state index in [4.69, 9.17) is 11.6 Å². The van der Waals surface area contributed by atoms with Crippen molar-refractivity contribution in [1.29, 1.82) is 0 Å². The summed E-state index contributed by atoms with van der Waals surface area (Å²) in [6, 6.07) is 7.70. The molecule has 0 spiro atoms. The lowest BCUT2D eigenvalue weighted by atomic mass is 9.95. The first-order valence-corrected chi connectivity index (χ1v) is 5.80. The minimum atomic E-state index is -0.325. The fourth-order valence-electron chi connectivity index (χ4n) is 1.28. The van der Waals surface area contributed by atoms with Gasteiger partial charge in [-0.2, -0.15) is 0 Å². The van der Waals surface area contributed by atoms with E-state index in [1.54, 1.807) is 0 Å². The molecule has 0 atom stereocenters. The van der Waals surface area contributed by atoms with Crippen LogP contribution < -0.4 is 5.32 Å². The third kappa shape index (κ3) is 4.23. The van der Waals surface area contributed by atoms with Crippen LogP contribution in [0.2, 0.25) is 5.02 Å². The Bertz CT molecular complexity index is 368. The zero-order valence-electron chi connectivity index (χ0n) is 10.0. The molecule has 0 saturated heterocycles. The van der Waals surface area contributed by atoms with Crippen molar-refractivity contribution in [3.8, 4) is 0 Å². The van der Waals surface area contributed by atoms with Gasteiger partial charge in [-0.15, -0.1) is 0 Å². The minimum Gasteiger partial charge on any atom is -0.355 e. The van der Waals surface area contributed by atoms with Crippen LogP contribution in [0.3, 0.4) is 0 Å². The maximum absolute atomic E-state index is 11.6. The second-order valence-corrected chi connectivity index (χ2v) is 5.32. The minimum absolute atomic E-state index is 0.0783. The lowest BCUT2D eigenvalue weighted by Crippen LogP contribution is -2.35. The van der Waals surface area contributed by atoms with Gasteiger partial charge in [-0.1, -0.05) is 44.5 Å². The molecular formula is C13H18ClNO. The van der Waals surface area contributed by atoms with E-state index in [-0.39, 0.29) is 11.3 Å². The van der Waals surface area contributed by atoms with E-state index in [9.17, 15) is 4.79 Å². The first-order valence-electron chi connectivity index (χ1n) is 5.42. The molecule has 2 nitrogen and oxygen atoms in total. The topological polar surface area (TPSA) is 29.1 Å². The van der Waals surface area contributed by atoms with Crippen LogP contribution in [0.5, 0.6) is 0 Å². The van der Waals surface area contributed by atoms with Crippen molar-refractivity contribution in [1.82, 2.24) is 5.32 Å². The summed E-state index contributed by atoms with van der Waals surface area (Å²) >= 11 is 5.87. The fraction of sp³-hybridized carbons (Fsp3) is 0.462. The van der Waals surface area contributed by atoms with Gasteiger partial charge in [0.15, 0.2) is 0 Å². The first-order chi connectivity index (χ1) is 7.39. The number of carbonyl (C=O) groups is 1. The number of nitrogens with one attached hydrogen (secondary N) is 1. The van der Waals surface area contributed by atoms with E-state index in [0.29, 0.717) is 6.54 Å². The summed E-state index contributed by atoms with van der Waals surface area (Å²) in [6.07, 6.45) is 0.808. The average molecular weight is 240 g/mol. The smallest absolute Gasteiger partial charge is 0.225 e. The van der Waals surface area contributed by atoms with Gasteiger partial charge in [0.05, 0.1) is 0 Å². The lowest BCUT2D eigenvalue weighted by Gasteiger charge is -2.17. The zero-order chi connectivity index (χ0) is 12.2. The Hall–Kier alpha value is -1.02. The molecule has 0 aliphatic rings. The van der Waals surface area contributed by atoms with E-state index >= 15 is 0 Å². The maximum Gasteiger partial charge on any atom is 0.225 e. The third-order valence-corrected chi connectivity index (χ3v) is 2.50. The Balaban J connectivity index is 2.39. The number of amides is 1. The van der Waals surface area contributed by atoms with Gasteiger partial charge in [-0.25, -0.2) is 0 Å². The summed E-state index contributed by atoms with van der Waals surface area (Å²) in [4.78, 5) is 11.6. The monoisotopic (exact) mass is 239 g/mol. The van der Waals surface area contributed by atoms with Crippen molar-refractivity contribution in [2.24, 2.45) is 5.41 Å². The van der Waals surface area contributed by atoms with E-state index in [1.807, 2.05) is 45.0 Å². The molecule has 88 valence electrons. The number of hydrogen-bond donors (Lipinski definition) is 1. The molecule has 0 saturated carbocycles. The van der Waals surface area contributed by atoms with Crippen LogP contribution in [0.25, 0.3) is 0 Å². The number of benzene rings is 1. The molecule has 0 unspecified atom stereocenters. The van der Waals surface area contributed by atoms with Crippen LogP contribution in [0.15, 0.2) is 24.3 Å². The van der Waals surface area contributed by atoms with Crippen LogP contribution in [0, 0.1) is 5.41 Å². The van der Waals surface area contributed by atoms with Gasteiger partial charge < -0.3 is 5.32 Å². The van der Waals surface area contributed by atoms with Crippen LogP contribution in [-0.4, -0.2) is 12.5 Å². The quantitative estimate of drug-likeness (QED) is 0.863. The van der Waals surface area contributed by atoms with Gasteiger partial charge in [0, 0.05) is 17.0 Å². The first kappa shape index (κ1) is 13.0. The molecule has 0 fully saturated rings. The summed E-state index contributed by atoms with van der Waals surface area (Å²) in [5.41, 5.74) is 0.815. The summed E-state index contributed by atoms with van der Waals surface area (Å²) in [7, 11) is 0. The number of hydrogen-bond acceptors (Lipinski definition) is 1. The number of rotatable bonds is 3. The van der Waals surface area contributed by atoms with Crippen LogP contribution in [0.1, 0.15) is 26.3 Å². The van der Waals surface area contributed by atoms with E-state index in [2.05, 4.69) is 5.32 Å². The highest BCUT2D eigenvalue weighted by molar-refractivity contribution is 6.30. The molecule has 1 rings (SSSR count). The number of halogens is 1. The van der Waals surface area contributed by atoms with Crippen LogP contribution in [-0.2, 0) is 11.2 Å². The van der Waals surface area contributed by atoms with Crippen molar-refractivity contribution in [2.75, 3.05) is 6.54 Å². The summed E-state index contributed by atoms with van der Waals surface area (Å²) in [5, 5.41) is 3.64. The molecule has 3 heteroatoms. The van der Waals surface area contributed by atoms with Crippen molar-refractivity contribution in [3.05, 3.63) is 34.9 Å². The Morgan fingerprint density at radius 3 is 2.62 bits per heavy atom. The standard InChI is InChI=1S/C13H18ClNO/c1-13(2,3)12(16)15-8-7-10-5-4-6-11(14)9-10/h4-6,9H,7-8H2,1-3H3,(H,15,16). The molecular weight excluding hydrogens is 222 g/mol. The molecule has 0 aliphatic carbocycles. The van der Waals surface area contributed by atoms with Crippen molar-refractivity contribution in [3.63, 3.8) is 0 Å². The van der Waals surface area contributed by atoms with Crippen LogP contribution in [0.4, 0.5) is 0 Å². The van der Waals surface area contributed by atoms with Crippen molar-refractivity contribution in [2.45, 2.75) is 27.2 Å². The van der Waals surface area contributed by atoms with Crippen molar-refractivity contribution >= 4 is 17.5 Å². The lowest BCUT2D eigenvalue weighted by molar-refractivity contribution is -0.128. The van der Waals surface area contributed by atoms with Gasteiger partial charge in [0.2, 0.25) is 5.91 Å². The molecule has 0 aromatic heterocycles. The predicted molar refractivity (Wildman–Crippen MR) is 67.6 cm³/mol. The van der Waals surface area contributed by atoms with Gasteiger partial charge >= 0.3 is 0 Å². The van der Waals surface area contributed by atoms with Gasteiger partial charge in [0.25, 0.3) is 0 Å². The largest absolute Gasteiger partial charge is 0.355 e. The van der Waals surface area contributed by atoms with E-state index in [0.717, 1.165) is 17.0 Å². The highest BCUT2D eigenvalue weighted by Gasteiger charge is 2.20. The van der Waals surface area contributed by atoms with E-state index in [1.165, 1.54) is 0 Å². The molecule has 0 heterocycles.